The smallest absolute Gasteiger partial charge is 0.274 e. The Kier molecular flexibility index (Phi) is 6.29. The Hall–Kier alpha value is -3.17. The number of nitrogens with one attached hydrogen (secondary N) is 1. The van der Waals surface area contributed by atoms with Gasteiger partial charge in [0.05, 0.1) is 34.8 Å². The van der Waals surface area contributed by atoms with Crippen molar-refractivity contribution in [2.24, 2.45) is 0 Å². The number of H-pyrrole nitrogens is 1. The van der Waals surface area contributed by atoms with E-state index in [9.17, 15) is 17.6 Å². The first-order chi connectivity index (χ1) is 15.3. The molecule has 166 valence electrons. The van der Waals surface area contributed by atoms with Crippen LogP contribution in [0.2, 0.25) is 5.02 Å². The number of pyridine rings is 1. The summed E-state index contributed by atoms with van der Waals surface area (Å²) in [5.41, 5.74) is -0.236. The minimum atomic E-state index is -4.24. The van der Waals surface area contributed by atoms with Gasteiger partial charge in [0.25, 0.3) is 11.7 Å². The Morgan fingerprint density at radius 3 is 2.41 bits per heavy atom. The second-order valence-corrected chi connectivity index (χ2v) is 9.20. The van der Waals surface area contributed by atoms with Gasteiger partial charge in [0.1, 0.15) is 28.9 Å². The lowest BCUT2D eigenvalue weighted by Crippen LogP contribution is -2.50. The Morgan fingerprint density at radius 1 is 1.00 bits per heavy atom. The quantitative estimate of drug-likeness (QED) is 0.565. The molecule has 1 aromatic heterocycles. The highest BCUT2D eigenvalue weighted by atomic mass is 35.5. The molecule has 0 spiro atoms. The maximum atomic E-state index is 13.9. The number of aromatic amines is 1. The zero-order chi connectivity index (χ0) is 22.7. The van der Waals surface area contributed by atoms with Gasteiger partial charge in [-0.3, -0.25) is 9.69 Å². The molecule has 1 fully saturated rings. The number of nitrogens with zero attached hydrogens (tertiary/aromatic N) is 3. The molecule has 0 radical (unpaired) electrons. The Balaban J connectivity index is 1.51. The summed E-state index contributed by atoms with van der Waals surface area (Å²) in [6.07, 6.45) is 1.84. The predicted octanol–water partition coefficient (Wildman–Crippen LogP) is 3.65. The highest BCUT2D eigenvalue weighted by Gasteiger charge is 2.28. The van der Waals surface area contributed by atoms with Gasteiger partial charge in [0, 0.05) is 6.07 Å². The van der Waals surface area contributed by atoms with Crippen molar-refractivity contribution < 1.29 is 22.6 Å². The van der Waals surface area contributed by atoms with Crippen LogP contribution in [-0.2, 0) is 10.0 Å². The number of hydrogen-bond acceptors (Lipinski definition) is 4. The van der Waals surface area contributed by atoms with E-state index in [1.165, 1.54) is 36.4 Å². The third kappa shape index (κ3) is 4.68. The summed E-state index contributed by atoms with van der Waals surface area (Å²) in [7, 11) is -4.24. The number of anilines is 1. The molecule has 1 aliphatic rings. The molecular weight excluding hydrogens is 455 g/mol. The zero-order valence-corrected chi connectivity index (χ0v) is 18.5. The maximum Gasteiger partial charge on any atom is 0.274 e. The van der Waals surface area contributed by atoms with E-state index in [0.717, 1.165) is 11.9 Å². The lowest BCUT2D eigenvalue weighted by atomic mass is 10.1. The highest BCUT2D eigenvalue weighted by Crippen LogP contribution is 2.32. The van der Waals surface area contributed by atoms with E-state index >= 15 is 0 Å². The molecule has 0 unspecified atom stereocenters. The Labute approximate surface area is 190 Å². The van der Waals surface area contributed by atoms with E-state index in [4.69, 9.17) is 11.6 Å². The maximum absolute atomic E-state index is 13.9. The number of hydrogen-bond donors (Lipinski definition) is 0. The molecule has 0 aliphatic carbocycles. The number of sulfonamides is 1. The predicted molar refractivity (Wildman–Crippen MR) is 119 cm³/mol. The number of carbonyl (C=O) groups excluding carboxylic acids is 1. The van der Waals surface area contributed by atoms with E-state index < -0.39 is 15.8 Å². The Bertz CT molecular complexity index is 1230. The standard InChI is InChI=1S/C22H19ClFN4O3S/c23-18-9-8-16(32(30,31)26-20-6-2-1-5-19(20)24)15-17(18)22(29)28-13-11-27(12-14-28)21-7-3-4-10-25-21/h1-10,15H,11-14H2/q-1/p+1. The molecular formula is C22H20ClFN4O3S. The van der Waals surface area contributed by atoms with Crippen molar-refractivity contribution >= 4 is 39.0 Å². The molecule has 1 amide bonds. The lowest BCUT2D eigenvalue weighted by Gasteiger charge is -2.31. The van der Waals surface area contributed by atoms with Crippen LogP contribution < -0.4 is 9.88 Å². The zero-order valence-electron chi connectivity index (χ0n) is 16.9. The molecule has 7 nitrogen and oxygen atoms in total. The number of carbonyl (C=O) groups is 1. The highest BCUT2D eigenvalue weighted by molar-refractivity contribution is 7.94. The summed E-state index contributed by atoms with van der Waals surface area (Å²) in [6, 6.07) is 14.9. The lowest BCUT2D eigenvalue weighted by molar-refractivity contribution is -0.364. The summed E-state index contributed by atoms with van der Waals surface area (Å²) in [5, 5.41) is 0.138. The summed E-state index contributed by atoms with van der Waals surface area (Å²) < 4.78 is 42.8. The molecule has 32 heavy (non-hydrogen) atoms. The molecule has 0 saturated carbocycles. The molecule has 4 rings (SSSR count). The average Bonchev–Trinajstić information content (AvgIpc) is 2.81. The fourth-order valence-electron chi connectivity index (χ4n) is 3.44. The van der Waals surface area contributed by atoms with Crippen LogP contribution in [-0.4, -0.2) is 45.4 Å². The van der Waals surface area contributed by atoms with Crippen LogP contribution in [0.1, 0.15) is 10.4 Å². The molecule has 10 heteroatoms. The van der Waals surface area contributed by atoms with Gasteiger partial charge < -0.3 is 9.62 Å². The fourth-order valence-corrected chi connectivity index (χ4v) is 4.66. The van der Waals surface area contributed by atoms with Gasteiger partial charge in [-0.2, -0.15) is 0 Å². The molecule has 0 atom stereocenters. The van der Waals surface area contributed by atoms with Crippen molar-refractivity contribution in [3.8, 4) is 0 Å². The third-order valence-corrected chi connectivity index (χ3v) is 6.75. The monoisotopic (exact) mass is 474 g/mol. The SMILES string of the molecule is O=C(c1cc(S(=O)(=O)[N-]c2ccccc2F)ccc1Cl)N1CCN(c2cccc[nH+]2)CC1. The first kappa shape index (κ1) is 22.0. The van der Waals surface area contributed by atoms with Crippen LogP contribution in [0.4, 0.5) is 15.9 Å². The number of piperazine rings is 1. The van der Waals surface area contributed by atoms with Crippen LogP contribution in [0.5, 0.6) is 0 Å². The number of rotatable bonds is 5. The van der Waals surface area contributed by atoms with Crippen LogP contribution in [0.25, 0.3) is 4.72 Å². The van der Waals surface area contributed by atoms with Crippen molar-refractivity contribution in [2.45, 2.75) is 4.90 Å². The number of halogens is 2. The summed E-state index contributed by atoms with van der Waals surface area (Å²) >= 11 is 6.22. The van der Waals surface area contributed by atoms with Crippen LogP contribution in [0.15, 0.2) is 71.8 Å². The summed E-state index contributed by atoms with van der Waals surface area (Å²) in [4.78, 5) is 19.8. The second kappa shape index (κ2) is 9.13. The van der Waals surface area contributed by atoms with Crippen molar-refractivity contribution in [1.29, 1.82) is 0 Å². The fraction of sp³-hybridized carbons (Fsp3) is 0.182. The van der Waals surface area contributed by atoms with E-state index in [1.807, 2.05) is 24.4 Å². The molecule has 1 aliphatic heterocycles. The largest absolute Gasteiger partial charge is 0.570 e. The van der Waals surface area contributed by atoms with Gasteiger partial charge in [-0.1, -0.05) is 41.6 Å². The minimum Gasteiger partial charge on any atom is -0.570 e. The van der Waals surface area contributed by atoms with Gasteiger partial charge in [-0.25, -0.2) is 17.8 Å². The van der Waals surface area contributed by atoms with Gasteiger partial charge in [-0.15, -0.1) is 0 Å². The second-order valence-electron chi connectivity index (χ2n) is 7.19. The average molecular weight is 475 g/mol. The number of amides is 1. The summed E-state index contributed by atoms with van der Waals surface area (Å²) in [6.45, 7) is 2.14. The van der Waals surface area contributed by atoms with Crippen LogP contribution in [0.3, 0.4) is 0 Å². The minimum absolute atomic E-state index is 0.0659. The summed E-state index contributed by atoms with van der Waals surface area (Å²) in [5.74, 6) is -0.162. The molecule has 2 aromatic carbocycles. The van der Waals surface area contributed by atoms with E-state index in [2.05, 4.69) is 14.6 Å². The van der Waals surface area contributed by atoms with Gasteiger partial charge >= 0.3 is 0 Å². The van der Waals surface area contributed by atoms with Crippen molar-refractivity contribution in [3.05, 3.63) is 88.0 Å². The molecule has 2 heterocycles. The topological polar surface area (TPSA) is 85.9 Å². The van der Waals surface area contributed by atoms with Gasteiger partial charge in [-0.05, 0) is 30.3 Å². The van der Waals surface area contributed by atoms with Gasteiger partial charge in [0.2, 0.25) is 0 Å². The molecule has 1 saturated heterocycles. The Morgan fingerprint density at radius 2 is 1.72 bits per heavy atom. The molecule has 3 aromatic rings. The van der Waals surface area contributed by atoms with Crippen molar-refractivity contribution in [3.63, 3.8) is 0 Å². The van der Waals surface area contributed by atoms with Gasteiger partial charge in [0.15, 0.2) is 0 Å². The number of benzene rings is 2. The third-order valence-electron chi connectivity index (χ3n) is 5.14. The first-order valence-electron chi connectivity index (χ1n) is 9.88. The van der Waals surface area contributed by atoms with E-state index in [-0.39, 0.29) is 27.1 Å². The molecule has 0 bridgehead atoms. The normalized spacial score (nSPS) is 14.3. The number of aromatic nitrogens is 1. The van der Waals surface area contributed by atoms with Crippen molar-refractivity contribution in [1.82, 2.24) is 4.90 Å². The first-order valence-corrected chi connectivity index (χ1v) is 11.7. The van der Waals surface area contributed by atoms with Crippen LogP contribution >= 0.6 is 11.6 Å². The molecule has 1 N–H and O–H groups in total. The van der Waals surface area contributed by atoms with Crippen LogP contribution in [0, 0.1) is 5.82 Å². The van der Waals surface area contributed by atoms with Crippen molar-refractivity contribution in [2.75, 3.05) is 31.1 Å². The van der Waals surface area contributed by atoms with E-state index in [0.29, 0.717) is 26.2 Å². The van der Waals surface area contributed by atoms with E-state index in [1.54, 1.807) is 4.90 Å².